The van der Waals surface area contributed by atoms with Gasteiger partial charge in [-0.1, -0.05) is 17.9 Å². The summed E-state index contributed by atoms with van der Waals surface area (Å²) in [5, 5.41) is 9.98. The maximum Gasteiger partial charge on any atom is 0.224 e. The Morgan fingerprint density at radius 3 is 2.41 bits per heavy atom. The number of anilines is 3. The minimum absolute atomic E-state index is 0.476. The second-order valence-corrected chi connectivity index (χ2v) is 9.08. The summed E-state index contributed by atoms with van der Waals surface area (Å²) in [4.78, 5) is 13.2. The Bertz CT molecular complexity index is 1110. The summed E-state index contributed by atoms with van der Waals surface area (Å²) in [7, 11) is 9.91. The summed E-state index contributed by atoms with van der Waals surface area (Å²) in [6, 6.07) is 16.0. The molecule has 10 heteroatoms. The van der Waals surface area contributed by atoms with Crippen molar-refractivity contribution in [3.63, 3.8) is 0 Å². The Morgan fingerprint density at radius 1 is 0.892 bits per heavy atom. The van der Waals surface area contributed by atoms with Gasteiger partial charge >= 0.3 is 0 Å². The van der Waals surface area contributed by atoms with Gasteiger partial charge in [0.05, 0.1) is 21.1 Å². The molecule has 0 amide bonds. The Balaban J connectivity index is 1.24. The molecule has 0 bridgehead atoms. The molecule has 2 heterocycles. The molecule has 0 saturated carbocycles. The van der Waals surface area contributed by atoms with Crippen molar-refractivity contribution in [2.24, 2.45) is 0 Å². The summed E-state index contributed by atoms with van der Waals surface area (Å²) in [6.45, 7) is 7.23. The lowest BCUT2D eigenvalue weighted by molar-refractivity contribution is 0.148. The number of nitrogens with zero attached hydrogens (tertiary/aromatic N) is 4. The first kappa shape index (κ1) is 26.7. The van der Waals surface area contributed by atoms with Gasteiger partial charge in [0.15, 0.2) is 0 Å². The average molecular weight is 501 g/mol. The molecule has 9 nitrogen and oxygen atoms in total. The number of nitrogens with one attached hydrogen (secondary N) is 3. The van der Waals surface area contributed by atoms with E-state index >= 15 is 0 Å². The second kappa shape index (κ2) is 13.8. The fraction of sp³-hybridized carbons (Fsp3) is 0.407. The Labute approximate surface area is 221 Å². The predicted molar refractivity (Wildman–Crippen MR) is 150 cm³/mol. The normalized spacial score (nSPS) is 14.3. The minimum atomic E-state index is 0.476. The van der Waals surface area contributed by atoms with Gasteiger partial charge in [-0.2, -0.15) is 0 Å². The van der Waals surface area contributed by atoms with E-state index in [4.69, 9.17) is 17.3 Å². The zero-order valence-corrected chi connectivity index (χ0v) is 21.7. The molecule has 1 aliphatic heterocycles. The van der Waals surface area contributed by atoms with Crippen molar-refractivity contribution in [2.75, 3.05) is 76.1 Å². The number of aromatic nitrogens is 2. The van der Waals surface area contributed by atoms with Gasteiger partial charge < -0.3 is 30.3 Å². The maximum atomic E-state index is 6.07. The first-order chi connectivity index (χ1) is 18.1. The van der Waals surface area contributed by atoms with Crippen LogP contribution < -0.4 is 20.7 Å². The van der Waals surface area contributed by atoms with Gasteiger partial charge in [0.2, 0.25) is 5.88 Å². The Hall–Kier alpha value is -3.34. The third-order valence-corrected chi connectivity index (χ3v) is 6.33. The van der Waals surface area contributed by atoms with Crippen LogP contribution in [0, 0.1) is 0 Å². The van der Waals surface area contributed by atoms with Crippen LogP contribution in [0.3, 0.4) is 0 Å². The fourth-order valence-corrected chi connectivity index (χ4v) is 4.11. The topological polar surface area (TPSA) is 86.8 Å². The largest absolute Gasteiger partial charge is 0.439 e. The van der Waals surface area contributed by atoms with Gasteiger partial charge in [-0.3, -0.25) is 4.90 Å². The van der Waals surface area contributed by atoms with Gasteiger partial charge in [0, 0.05) is 63.8 Å². The van der Waals surface area contributed by atoms with E-state index in [1.54, 1.807) is 13.2 Å². The molecule has 1 aliphatic rings. The summed E-state index contributed by atoms with van der Waals surface area (Å²) < 4.78 is 10.9. The van der Waals surface area contributed by atoms with Crippen LogP contribution in [0.5, 0.6) is 11.6 Å². The summed E-state index contributed by atoms with van der Waals surface area (Å²) in [6.07, 6.45) is 2.01. The smallest absolute Gasteiger partial charge is 0.224 e. The first-order valence-corrected chi connectivity index (χ1v) is 12.7. The summed E-state index contributed by atoms with van der Waals surface area (Å²) >= 11 is 0. The van der Waals surface area contributed by atoms with E-state index in [-0.39, 0.29) is 0 Å². The molecule has 194 valence electrons. The molecule has 0 unspecified atom stereocenters. The van der Waals surface area contributed by atoms with Gasteiger partial charge in [0.25, 0.3) is 0 Å². The van der Waals surface area contributed by atoms with Crippen LogP contribution in [-0.4, -0.2) is 87.8 Å². The summed E-state index contributed by atoms with van der Waals surface area (Å²) in [5.41, 5.74) is 4.53. The molecule has 3 aromatic rings. The number of rotatable bonds is 13. The van der Waals surface area contributed by atoms with E-state index in [1.165, 1.54) is 17.5 Å². The molecule has 1 saturated heterocycles. The van der Waals surface area contributed by atoms with Crippen molar-refractivity contribution in [2.45, 2.75) is 12.9 Å². The molecule has 1 fully saturated rings. The number of piperazine rings is 1. The molecule has 3 N–H and O–H groups in total. The van der Waals surface area contributed by atoms with Crippen molar-refractivity contribution in [3.05, 3.63) is 66.0 Å². The van der Waals surface area contributed by atoms with Crippen molar-refractivity contribution in [1.29, 1.82) is 0 Å². The number of methoxy groups -OCH3 is 1. The van der Waals surface area contributed by atoms with E-state index in [9.17, 15) is 0 Å². The number of ether oxygens (including phenoxy) is 2. The van der Waals surface area contributed by atoms with Crippen molar-refractivity contribution < 1.29 is 9.47 Å². The van der Waals surface area contributed by atoms with Crippen LogP contribution >= 0.6 is 0 Å². The number of benzene rings is 2. The second-order valence-electron chi connectivity index (χ2n) is 9.08. The van der Waals surface area contributed by atoms with Crippen molar-refractivity contribution in [3.8, 4) is 11.6 Å². The highest BCUT2D eigenvalue weighted by Gasteiger charge is 2.15. The van der Waals surface area contributed by atoms with Gasteiger partial charge in [-0.25, -0.2) is 9.97 Å². The number of hydrogen-bond acceptors (Lipinski definition) is 9. The number of likely N-dealkylation sites (N-methyl/N-ethyl adjacent to an activating group) is 1. The van der Waals surface area contributed by atoms with E-state index < -0.39 is 0 Å². The van der Waals surface area contributed by atoms with E-state index in [0.717, 1.165) is 44.1 Å². The van der Waals surface area contributed by atoms with Crippen LogP contribution in [0.25, 0.3) is 0 Å². The van der Waals surface area contributed by atoms with Crippen LogP contribution in [0.1, 0.15) is 11.1 Å². The molecule has 4 rings (SSSR count). The Kier molecular flexibility index (Phi) is 9.99. The van der Waals surface area contributed by atoms with Crippen LogP contribution in [-0.2, 0) is 17.6 Å². The lowest BCUT2D eigenvalue weighted by Crippen LogP contribution is -2.44. The highest BCUT2D eigenvalue weighted by molar-refractivity contribution is 6.08. The molecule has 0 atom stereocenters. The lowest BCUT2D eigenvalue weighted by atomic mass is 9.92. The first-order valence-electron chi connectivity index (χ1n) is 12.7. The molecule has 37 heavy (non-hydrogen) atoms. The summed E-state index contributed by atoms with van der Waals surface area (Å²) in [5.74, 6) is 1.87. The molecular weight excluding hydrogens is 465 g/mol. The standard InChI is InChI=1S/C27H36BN7O2/c1-34-10-12-35(13-11-34)18-21-3-4-24(15-22(21)17-28)31-19-30-23-5-7-25(8-6-23)37-27-16-26(32-20-33-27)29-9-14-36-2/h3-8,15-16,20,30-31H,9-14,17-19H2,1-2H3,(H,29,32,33). The molecular formula is C27H36BN7O2. The van der Waals surface area contributed by atoms with Crippen molar-refractivity contribution >= 4 is 25.0 Å². The lowest BCUT2D eigenvalue weighted by Gasteiger charge is -2.32. The minimum Gasteiger partial charge on any atom is -0.439 e. The highest BCUT2D eigenvalue weighted by atomic mass is 16.5. The van der Waals surface area contributed by atoms with Gasteiger partial charge in [0.1, 0.15) is 17.9 Å². The predicted octanol–water partition coefficient (Wildman–Crippen LogP) is 3.22. The quantitative estimate of drug-likeness (QED) is 0.186. The third kappa shape index (κ3) is 8.35. The van der Waals surface area contributed by atoms with E-state index in [2.05, 4.69) is 61.0 Å². The zero-order valence-electron chi connectivity index (χ0n) is 21.7. The average Bonchev–Trinajstić information content (AvgIpc) is 2.92. The zero-order chi connectivity index (χ0) is 25.9. The molecule has 0 aliphatic carbocycles. The monoisotopic (exact) mass is 501 g/mol. The van der Waals surface area contributed by atoms with Gasteiger partial charge in [-0.05, 0) is 49.0 Å². The van der Waals surface area contributed by atoms with Crippen LogP contribution in [0.2, 0.25) is 0 Å². The molecule has 1 aromatic heterocycles. The molecule has 2 aromatic carbocycles. The van der Waals surface area contributed by atoms with Crippen LogP contribution in [0.4, 0.5) is 17.2 Å². The maximum absolute atomic E-state index is 6.07. The highest BCUT2D eigenvalue weighted by Crippen LogP contribution is 2.23. The number of hydrogen-bond donors (Lipinski definition) is 3. The Morgan fingerprint density at radius 2 is 1.65 bits per heavy atom. The SMILES string of the molecule is [B]Cc1cc(NCNc2ccc(Oc3cc(NCCOC)ncn3)cc2)ccc1CN1CCN(C)CC1. The van der Waals surface area contributed by atoms with Crippen LogP contribution in [0.15, 0.2) is 54.9 Å². The van der Waals surface area contributed by atoms with Gasteiger partial charge in [-0.15, -0.1) is 0 Å². The van der Waals surface area contributed by atoms with Crippen molar-refractivity contribution in [1.82, 2.24) is 19.8 Å². The fourth-order valence-electron chi connectivity index (χ4n) is 4.11. The molecule has 2 radical (unpaired) electrons. The van der Waals surface area contributed by atoms with E-state index in [0.29, 0.717) is 43.6 Å². The molecule has 0 spiro atoms. The third-order valence-electron chi connectivity index (χ3n) is 6.33. The van der Waals surface area contributed by atoms with E-state index in [1.807, 2.05) is 24.3 Å².